The first kappa shape index (κ1) is 16.3. The molecule has 0 spiro atoms. The second-order valence-corrected chi connectivity index (χ2v) is 6.39. The van der Waals surface area contributed by atoms with Crippen molar-refractivity contribution in [3.8, 4) is 5.75 Å². The van der Waals surface area contributed by atoms with E-state index in [1.54, 1.807) is 0 Å². The zero-order valence-electron chi connectivity index (χ0n) is 13.7. The van der Waals surface area contributed by atoms with Crippen molar-refractivity contribution >= 4 is 17.6 Å². The second kappa shape index (κ2) is 5.99. The molecule has 1 aliphatic rings. The Morgan fingerprint density at radius 2 is 1.86 bits per heavy atom. The number of benzene rings is 1. The molecule has 22 heavy (non-hydrogen) atoms. The van der Waals surface area contributed by atoms with E-state index in [4.69, 9.17) is 4.74 Å². The lowest BCUT2D eigenvalue weighted by Crippen LogP contribution is -2.54. The summed E-state index contributed by atoms with van der Waals surface area (Å²) in [6.45, 7) is 9.40. The molecule has 5 heteroatoms. The van der Waals surface area contributed by atoms with Crippen LogP contribution in [-0.4, -0.2) is 29.1 Å². The van der Waals surface area contributed by atoms with Crippen molar-refractivity contribution < 1.29 is 19.4 Å². The number of amides is 1. The number of nitrogens with zero attached hydrogens (tertiary/aromatic N) is 1. The van der Waals surface area contributed by atoms with Gasteiger partial charge in [-0.2, -0.15) is 0 Å². The van der Waals surface area contributed by atoms with Gasteiger partial charge < -0.3 is 9.84 Å². The predicted octanol–water partition coefficient (Wildman–Crippen LogP) is 3.03. The van der Waals surface area contributed by atoms with Gasteiger partial charge in [-0.25, -0.2) is 4.79 Å². The summed E-state index contributed by atoms with van der Waals surface area (Å²) >= 11 is 0. The maximum absolute atomic E-state index is 12.7. The average Bonchev–Trinajstić information content (AvgIpc) is 2.44. The quantitative estimate of drug-likeness (QED) is 0.928. The van der Waals surface area contributed by atoms with Crippen LogP contribution in [-0.2, 0) is 9.59 Å². The van der Waals surface area contributed by atoms with E-state index in [-0.39, 0.29) is 17.7 Å². The molecular weight excluding hydrogens is 282 g/mol. The lowest BCUT2D eigenvalue weighted by atomic mass is 9.98. The van der Waals surface area contributed by atoms with Crippen molar-refractivity contribution in [1.82, 2.24) is 0 Å². The van der Waals surface area contributed by atoms with Crippen molar-refractivity contribution in [2.75, 3.05) is 4.90 Å². The fourth-order valence-electron chi connectivity index (χ4n) is 2.56. The smallest absolute Gasteiger partial charge is 0.326 e. The Kier molecular flexibility index (Phi) is 4.44. The third-order valence-corrected chi connectivity index (χ3v) is 3.99. The van der Waals surface area contributed by atoms with Gasteiger partial charge in [0.2, 0.25) is 0 Å². The van der Waals surface area contributed by atoms with Crippen LogP contribution in [0.3, 0.4) is 0 Å². The molecule has 1 heterocycles. The van der Waals surface area contributed by atoms with E-state index in [2.05, 4.69) is 13.8 Å². The molecule has 0 radical (unpaired) electrons. The number of carboxylic acids is 1. The highest BCUT2D eigenvalue weighted by Gasteiger charge is 2.40. The summed E-state index contributed by atoms with van der Waals surface area (Å²) in [5, 5.41) is 9.35. The van der Waals surface area contributed by atoms with Crippen LogP contribution in [0.2, 0.25) is 0 Å². The first-order valence-electron chi connectivity index (χ1n) is 7.60. The van der Waals surface area contributed by atoms with Gasteiger partial charge in [0, 0.05) is 0 Å². The fraction of sp³-hybridized carbons (Fsp3) is 0.529. The van der Waals surface area contributed by atoms with Crippen LogP contribution in [0.25, 0.3) is 0 Å². The predicted molar refractivity (Wildman–Crippen MR) is 84.4 cm³/mol. The summed E-state index contributed by atoms with van der Waals surface area (Å²) in [6.07, 6.45) is -0.654. The first-order chi connectivity index (χ1) is 10.2. The zero-order valence-corrected chi connectivity index (χ0v) is 13.7. The van der Waals surface area contributed by atoms with E-state index in [1.807, 2.05) is 32.0 Å². The van der Waals surface area contributed by atoms with Gasteiger partial charge in [0.05, 0.1) is 5.69 Å². The van der Waals surface area contributed by atoms with Gasteiger partial charge >= 0.3 is 5.97 Å². The number of fused-ring (bicyclic) bond motifs is 1. The van der Waals surface area contributed by atoms with Crippen LogP contribution in [0.1, 0.15) is 46.1 Å². The summed E-state index contributed by atoms with van der Waals surface area (Å²) < 4.78 is 5.82. The highest BCUT2D eigenvalue weighted by molar-refractivity contribution is 6.04. The monoisotopic (exact) mass is 305 g/mol. The highest BCUT2D eigenvalue weighted by Crippen LogP contribution is 2.38. The molecule has 120 valence electrons. The summed E-state index contributed by atoms with van der Waals surface area (Å²) in [4.78, 5) is 25.5. The summed E-state index contributed by atoms with van der Waals surface area (Å²) in [7, 11) is 0. The number of carbonyl (C=O) groups is 2. The van der Waals surface area contributed by atoms with Crippen molar-refractivity contribution in [3.05, 3.63) is 23.8 Å². The van der Waals surface area contributed by atoms with Gasteiger partial charge in [-0.15, -0.1) is 0 Å². The normalized spacial score (nSPS) is 19.1. The van der Waals surface area contributed by atoms with E-state index >= 15 is 0 Å². The van der Waals surface area contributed by atoms with Crippen molar-refractivity contribution in [2.45, 2.75) is 52.7 Å². The molecule has 1 aliphatic heterocycles. The van der Waals surface area contributed by atoms with Gasteiger partial charge in [0.25, 0.3) is 5.91 Å². The van der Waals surface area contributed by atoms with Crippen LogP contribution in [0.15, 0.2) is 18.2 Å². The Hall–Kier alpha value is -2.04. The van der Waals surface area contributed by atoms with Crippen LogP contribution >= 0.6 is 0 Å². The van der Waals surface area contributed by atoms with E-state index in [0.717, 1.165) is 5.56 Å². The Balaban J connectivity index is 2.56. The second-order valence-electron chi connectivity index (χ2n) is 6.39. The molecule has 0 saturated carbocycles. The standard InChI is InChI=1S/C17H23NO4/c1-9(2)12-6-7-14-13(8-12)18(11(5)17(20)21)16(19)15(22-14)10(3)4/h6-11,15H,1-5H3,(H,20,21). The topological polar surface area (TPSA) is 66.8 Å². The number of hydrogen-bond donors (Lipinski definition) is 1. The van der Waals surface area contributed by atoms with E-state index < -0.39 is 18.1 Å². The van der Waals surface area contributed by atoms with E-state index in [0.29, 0.717) is 11.4 Å². The molecular formula is C17H23NO4. The molecule has 0 aliphatic carbocycles. The number of carbonyl (C=O) groups excluding carboxylic acids is 1. The minimum absolute atomic E-state index is 0.0334. The molecule has 0 bridgehead atoms. The molecule has 0 saturated heterocycles. The maximum Gasteiger partial charge on any atom is 0.326 e. The van der Waals surface area contributed by atoms with Crippen LogP contribution in [0.5, 0.6) is 5.75 Å². The van der Waals surface area contributed by atoms with E-state index in [1.165, 1.54) is 11.8 Å². The third-order valence-electron chi connectivity index (χ3n) is 3.99. The SMILES string of the molecule is CC(C)c1ccc2c(c1)N(C(C)C(=O)O)C(=O)C(C(C)C)O2. The minimum atomic E-state index is -1.03. The Labute approximate surface area is 130 Å². The average molecular weight is 305 g/mol. The van der Waals surface area contributed by atoms with Gasteiger partial charge in [-0.05, 0) is 36.5 Å². The molecule has 0 aromatic heterocycles. The van der Waals surface area contributed by atoms with E-state index in [9.17, 15) is 14.7 Å². The lowest BCUT2D eigenvalue weighted by Gasteiger charge is -2.38. The molecule has 2 unspecified atom stereocenters. The molecule has 1 aromatic carbocycles. The summed E-state index contributed by atoms with van der Waals surface area (Å²) in [5.74, 6) is -0.508. The Bertz CT molecular complexity index is 594. The molecule has 1 aromatic rings. The molecule has 2 rings (SSSR count). The van der Waals surface area contributed by atoms with Crippen molar-refractivity contribution in [2.24, 2.45) is 5.92 Å². The summed E-state index contributed by atoms with van der Waals surface area (Å²) in [6, 6.07) is 4.71. The lowest BCUT2D eigenvalue weighted by molar-refractivity contribution is -0.141. The molecule has 1 N–H and O–H groups in total. The van der Waals surface area contributed by atoms with Gasteiger partial charge in [-0.3, -0.25) is 9.69 Å². The maximum atomic E-state index is 12.7. The molecule has 1 amide bonds. The van der Waals surface area contributed by atoms with Crippen LogP contribution < -0.4 is 9.64 Å². The number of aliphatic carboxylic acids is 1. The number of hydrogen-bond acceptors (Lipinski definition) is 3. The summed E-state index contributed by atoms with van der Waals surface area (Å²) in [5.41, 5.74) is 1.59. The van der Waals surface area contributed by atoms with Gasteiger partial charge in [0.15, 0.2) is 6.10 Å². The first-order valence-corrected chi connectivity index (χ1v) is 7.60. The minimum Gasteiger partial charge on any atom is -0.480 e. The molecule has 0 fully saturated rings. The largest absolute Gasteiger partial charge is 0.480 e. The van der Waals surface area contributed by atoms with Crippen molar-refractivity contribution in [3.63, 3.8) is 0 Å². The van der Waals surface area contributed by atoms with Crippen LogP contribution in [0.4, 0.5) is 5.69 Å². The fourth-order valence-corrected chi connectivity index (χ4v) is 2.56. The third kappa shape index (κ3) is 2.80. The Morgan fingerprint density at radius 3 is 2.36 bits per heavy atom. The zero-order chi connectivity index (χ0) is 16.6. The van der Waals surface area contributed by atoms with Gasteiger partial charge in [0.1, 0.15) is 11.8 Å². The number of ether oxygens (including phenoxy) is 1. The van der Waals surface area contributed by atoms with Crippen molar-refractivity contribution in [1.29, 1.82) is 0 Å². The number of anilines is 1. The molecule has 5 nitrogen and oxygen atoms in total. The number of carboxylic acid groups (broad SMARTS) is 1. The molecule has 2 atom stereocenters. The van der Waals surface area contributed by atoms with Crippen LogP contribution in [0, 0.1) is 5.92 Å². The number of rotatable bonds is 4. The Morgan fingerprint density at radius 1 is 1.23 bits per heavy atom. The van der Waals surface area contributed by atoms with Gasteiger partial charge in [-0.1, -0.05) is 33.8 Å². The highest BCUT2D eigenvalue weighted by atomic mass is 16.5.